The Hall–Kier alpha value is -1.42. The highest BCUT2D eigenvalue weighted by Crippen LogP contribution is 2.47. The normalized spacial score (nSPS) is 24.9. The number of amides is 1. The number of benzene rings is 1. The summed E-state index contributed by atoms with van der Waals surface area (Å²) < 4.78 is 0. The molecule has 0 saturated heterocycles. The lowest BCUT2D eigenvalue weighted by Crippen LogP contribution is -2.57. The standard InChI is InChI=1S/C16H22N2OS/c1-4-18(13-8-6-5-7-12(13)3)15(19)16(14(17)20)9-11(2)10-16/h5-8,11H,4,9-10H2,1-3H3,(H2,17,20). The van der Waals surface area contributed by atoms with Gasteiger partial charge in [-0.15, -0.1) is 0 Å². The van der Waals surface area contributed by atoms with Crippen molar-refractivity contribution >= 4 is 28.8 Å². The van der Waals surface area contributed by atoms with Gasteiger partial charge in [0.2, 0.25) is 5.91 Å². The molecule has 0 radical (unpaired) electrons. The third-order valence-electron chi connectivity index (χ3n) is 4.24. The number of aryl methyl sites for hydroxylation is 1. The first kappa shape index (κ1) is 15.0. The van der Waals surface area contributed by atoms with Crippen molar-refractivity contribution in [1.82, 2.24) is 0 Å². The molecule has 1 aliphatic rings. The molecule has 3 nitrogen and oxygen atoms in total. The van der Waals surface area contributed by atoms with E-state index in [-0.39, 0.29) is 5.91 Å². The van der Waals surface area contributed by atoms with E-state index in [0.29, 0.717) is 17.5 Å². The van der Waals surface area contributed by atoms with Gasteiger partial charge in [-0.3, -0.25) is 4.79 Å². The minimum atomic E-state index is -0.632. The highest BCUT2D eigenvalue weighted by atomic mass is 32.1. The summed E-state index contributed by atoms with van der Waals surface area (Å²) >= 11 is 5.19. The molecule has 0 aliphatic heterocycles. The van der Waals surface area contributed by atoms with E-state index in [1.807, 2.05) is 43.0 Å². The second-order valence-corrected chi connectivity index (χ2v) is 6.24. The fourth-order valence-electron chi connectivity index (χ4n) is 3.16. The summed E-state index contributed by atoms with van der Waals surface area (Å²) in [6.07, 6.45) is 1.53. The van der Waals surface area contributed by atoms with Crippen LogP contribution in [0.25, 0.3) is 0 Å². The summed E-state index contributed by atoms with van der Waals surface area (Å²) in [5, 5.41) is 0. The van der Waals surface area contributed by atoms with Crippen molar-refractivity contribution in [3.8, 4) is 0 Å². The van der Waals surface area contributed by atoms with Crippen LogP contribution in [0.4, 0.5) is 5.69 Å². The molecule has 0 bridgehead atoms. The summed E-state index contributed by atoms with van der Waals surface area (Å²) in [5.41, 5.74) is 7.30. The molecule has 0 heterocycles. The van der Waals surface area contributed by atoms with Gasteiger partial charge in [0.05, 0.1) is 10.4 Å². The zero-order valence-corrected chi connectivity index (χ0v) is 13.2. The number of anilines is 1. The van der Waals surface area contributed by atoms with Gasteiger partial charge in [-0.1, -0.05) is 37.3 Å². The number of rotatable bonds is 4. The summed E-state index contributed by atoms with van der Waals surface area (Å²) in [4.78, 5) is 15.1. The summed E-state index contributed by atoms with van der Waals surface area (Å²) in [6.45, 7) is 6.76. The van der Waals surface area contributed by atoms with Crippen molar-refractivity contribution < 1.29 is 4.79 Å². The van der Waals surface area contributed by atoms with Gasteiger partial charge >= 0.3 is 0 Å². The minimum absolute atomic E-state index is 0.0555. The number of nitrogens with zero attached hydrogens (tertiary/aromatic N) is 1. The van der Waals surface area contributed by atoms with Gasteiger partial charge in [-0.05, 0) is 44.2 Å². The molecule has 0 unspecified atom stereocenters. The predicted molar refractivity (Wildman–Crippen MR) is 86.8 cm³/mol. The number of para-hydroxylation sites is 1. The molecule has 2 N–H and O–H groups in total. The van der Waals surface area contributed by atoms with E-state index in [0.717, 1.165) is 24.1 Å². The molecule has 1 fully saturated rings. The number of carbonyl (C=O) groups is 1. The summed E-state index contributed by atoms with van der Waals surface area (Å²) in [7, 11) is 0. The molecule has 2 rings (SSSR count). The van der Waals surface area contributed by atoms with Crippen LogP contribution in [0.3, 0.4) is 0 Å². The Labute approximate surface area is 126 Å². The number of hydrogen-bond acceptors (Lipinski definition) is 2. The summed E-state index contributed by atoms with van der Waals surface area (Å²) in [5.74, 6) is 0.566. The van der Waals surface area contributed by atoms with Crippen LogP contribution in [0, 0.1) is 18.3 Å². The molecule has 20 heavy (non-hydrogen) atoms. The molecule has 1 saturated carbocycles. The molecule has 4 heteroatoms. The van der Waals surface area contributed by atoms with Gasteiger partial charge in [-0.25, -0.2) is 0 Å². The average molecular weight is 290 g/mol. The molecule has 1 amide bonds. The van der Waals surface area contributed by atoms with Crippen LogP contribution in [0.1, 0.15) is 32.3 Å². The highest BCUT2D eigenvalue weighted by Gasteiger charge is 2.52. The molecule has 1 aromatic carbocycles. The zero-order chi connectivity index (χ0) is 14.9. The third kappa shape index (κ3) is 2.33. The van der Waals surface area contributed by atoms with E-state index in [2.05, 4.69) is 6.92 Å². The number of thiocarbonyl (C=S) groups is 1. The lowest BCUT2D eigenvalue weighted by molar-refractivity contribution is -0.130. The Morgan fingerprint density at radius 3 is 2.50 bits per heavy atom. The molecule has 0 spiro atoms. The lowest BCUT2D eigenvalue weighted by atomic mass is 9.61. The molecule has 1 aromatic rings. The molecule has 0 aromatic heterocycles. The Morgan fingerprint density at radius 1 is 1.45 bits per heavy atom. The third-order valence-corrected chi connectivity index (χ3v) is 4.63. The van der Waals surface area contributed by atoms with Crippen LogP contribution in [0.5, 0.6) is 0 Å². The number of hydrogen-bond donors (Lipinski definition) is 1. The quantitative estimate of drug-likeness (QED) is 0.867. The Kier molecular flexibility index (Phi) is 4.14. The van der Waals surface area contributed by atoms with Crippen LogP contribution in [0.15, 0.2) is 24.3 Å². The van der Waals surface area contributed by atoms with Crippen molar-refractivity contribution in [2.24, 2.45) is 17.1 Å². The lowest BCUT2D eigenvalue weighted by Gasteiger charge is -2.46. The maximum atomic E-state index is 13.0. The molecular weight excluding hydrogens is 268 g/mol. The van der Waals surface area contributed by atoms with Gasteiger partial charge in [-0.2, -0.15) is 0 Å². The van der Waals surface area contributed by atoms with Crippen molar-refractivity contribution in [2.45, 2.75) is 33.6 Å². The molecule has 1 aliphatic carbocycles. The zero-order valence-electron chi connectivity index (χ0n) is 12.3. The Bertz CT molecular complexity index is 535. The summed E-state index contributed by atoms with van der Waals surface area (Å²) in [6, 6.07) is 7.93. The first-order chi connectivity index (χ1) is 9.42. The van der Waals surface area contributed by atoms with E-state index in [1.54, 1.807) is 0 Å². The van der Waals surface area contributed by atoms with Crippen molar-refractivity contribution in [1.29, 1.82) is 0 Å². The van der Waals surface area contributed by atoms with Gasteiger partial charge in [0.1, 0.15) is 0 Å². The first-order valence-electron chi connectivity index (χ1n) is 7.10. The van der Waals surface area contributed by atoms with Gasteiger partial charge in [0, 0.05) is 12.2 Å². The van der Waals surface area contributed by atoms with Gasteiger partial charge < -0.3 is 10.6 Å². The predicted octanol–water partition coefficient (Wildman–Crippen LogP) is 3.05. The van der Waals surface area contributed by atoms with Crippen molar-refractivity contribution in [3.63, 3.8) is 0 Å². The highest BCUT2D eigenvalue weighted by molar-refractivity contribution is 7.80. The maximum absolute atomic E-state index is 13.0. The van der Waals surface area contributed by atoms with Gasteiger partial charge in [0.25, 0.3) is 0 Å². The fourth-order valence-corrected chi connectivity index (χ4v) is 3.41. The first-order valence-corrected chi connectivity index (χ1v) is 7.50. The van der Waals surface area contributed by atoms with Crippen LogP contribution >= 0.6 is 12.2 Å². The van der Waals surface area contributed by atoms with Crippen molar-refractivity contribution in [3.05, 3.63) is 29.8 Å². The number of carbonyl (C=O) groups excluding carboxylic acids is 1. The fraction of sp³-hybridized carbons (Fsp3) is 0.500. The minimum Gasteiger partial charge on any atom is -0.392 e. The largest absolute Gasteiger partial charge is 0.392 e. The topological polar surface area (TPSA) is 46.3 Å². The molecular formula is C16H22N2OS. The van der Waals surface area contributed by atoms with Crippen molar-refractivity contribution in [2.75, 3.05) is 11.4 Å². The molecule has 108 valence electrons. The van der Waals surface area contributed by atoms with Crippen LogP contribution in [-0.2, 0) is 4.79 Å². The Morgan fingerprint density at radius 2 is 2.05 bits per heavy atom. The SMILES string of the molecule is CCN(C(=O)C1(C(N)=S)CC(C)C1)c1ccccc1C. The van der Waals surface area contributed by atoms with Crippen LogP contribution in [-0.4, -0.2) is 17.4 Å². The van der Waals surface area contributed by atoms with Gasteiger partial charge in [0.15, 0.2) is 0 Å². The van der Waals surface area contributed by atoms with E-state index in [1.165, 1.54) is 0 Å². The average Bonchev–Trinajstić information content (AvgIpc) is 2.37. The van der Waals surface area contributed by atoms with E-state index in [4.69, 9.17) is 18.0 Å². The second-order valence-electron chi connectivity index (χ2n) is 5.80. The van der Waals surface area contributed by atoms with Crippen LogP contribution in [0.2, 0.25) is 0 Å². The smallest absolute Gasteiger partial charge is 0.240 e. The van der Waals surface area contributed by atoms with E-state index in [9.17, 15) is 4.79 Å². The monoisotopic (exact) mass is 290 g/mol. The second kappa shape index (κ2) is 5.52. The number of nitrogens with two attached hydrogens (primary N) is 1. The molecule has 0 atom stereocenters. The van der Waals surface area contributed by atoms with Crippen LogP contribution < -0.4 is 10.6 Å². The maximum Gasteiger partial charge on any atom is 0.240 e. The van der Waals surface area contributed by atoms with E-state index < -0.39 is 5.41 Å². The Balaban J connectivity index is 2.35. The van der Waals surface area contributed by atoms with E-state index >= 15 is 0 Å².